The minimum absolute atomic E-state index is 0.209. The van der Waals surface area contributed by atoms with Crippen LogP contribution in [0.25, 0.3) is 10.9 Å². The molecule has 5 heteroatoms. The molecule has 0 saturated carbocycles. The van der Waals surface area contributed by atoms with E-state index in [2.05, 4.69) is 16.9 Å². The monoisotopic (exact) mass is 246 g/mol. The number of hydrogen-bond donors (Lipinski definition) is 1. The van der Waals surface area contributed by atoms with Gasteiger partial charge in [0.2, 0.25) is 5.88 Å². The summed E-state index contributed by atoms with van der Waals surface area (Å²) in [7, 11) is 0. The highest BCUT2D eigenvalue weighted by molar-refractivity contribution is 5.94. The van der Waals surface area contributed by atoms with Crippen LogP contribution in [0.1, 0.15) is 30.1 Å². The van der Waals surface area contributed by atoms with Gasteiger partial charge in [0.05, 0.1) is 23.1 Å². The number of carbonyl (C=O) groups is 1. The van der Waals surface area contributed by atoms with Gasteiger partial charge in [0.1, 0.15) is 6.33 Å². The smallest absolute Gasteiger partial charge is 0.335 e. The molecule has 2 aromatic rings. The number of aromatic carboxylic acids is 1. The van der Waals surface area contributed by atoms with Gasteiger partial charge in [-0.3, -0.25) is 0 Å². The summed E-state index contributed by atoms with van der Waals surface area (Å²) >= 11 is 0. The van der Waals surface area contributed by atoms with E-state index in [1.165, 1.54) is 18.5 Å². The summed E-state index contributed by atoms with van der Waals surface area (Å²) in [5, 5.41) is 9.65. The van der Waals surface area contributed by atoms with Crippen molar-refractivity contribution in [3.05, 3.63) is 30.1 Å². The largest absolute Gasteiger partial charge is 0.478 e. The zero-order chi connectivity index (χ0) is 13.0. The summed E-state index contributed by atoms with van der Waals surface area (Å²) in [6, 6.07) is 4.73. The van der Waals surface area contributed by atoms with E-state index in [4.69, 9.17) is 9.84 Å². The summed E-state index contributed by atoms with van der Waals surface area (Å²) in [5.41, 5.74) is 0.789. The van der Waals surface area contributed by atoms with Crippen LogP contribution in [-0.2, 0) is 0 Å². The van der Waals surface area contributed by atoms with Gasteiger partial charge in [0, 0.05) is 0 Å². The van der Waals surface area contributed by atoms with Crippen LogP contribution in [0.2, 0.25) is 0 Å². The predicted octanol–water partition coefficient (Wildman–Crippen LogP) is 2.51. The van der Waals surface area contributed by atoms with Crippen molar-refractivity contribution in [3.8, 4) is 5.88 Å². The number of hydrogen-bond acceptors (Lipinski definition) is 4. The lowest BCUT2D eigenvalue weighted by molar-refractivity contribution is 0.0697. The van der Waals surface area contributed by atoms with Gasteiger partial charge in [-0.05, 0) is 24.6 Å². The molecule has 0 aliphatic carbocycles. The van der Waals surface area contributed by atoms with Gasteiger partial charge >= 0.3 is 5.97 Å². The summed E-state index contributed by atoms with van der Waals surface area (Å²) < 4.78 is 5.56. The van der Waals surface area contributed by atoms with Crippen molar-refractivity contribution in [2.75, 3.05) is 6.61 Å². The molecule has 1 aromatic carbocycles. The summed E-state index contributed by atoms with van der Waals surface area (Å²) in [6.07, 6.45) is 3.39. The van der Waals surface area contributed by atoms with E-state index in [9.17, 15) is 4.79 Å². The SMILES string of the molecule is CCCCOc1ncnc2cc(C(=O)O)ccc12. The molecule has 0 amide bonds. The molecule has 94 valence electrons. The number of benzene rings is 1. The quantitative estimate of drug-likeness (QED) is 0.820. The fraction of sp³-hybridized carbons (Fsp3) is 0.308. The van der Waals surface area contributed by atoms with Crippen molar-refractivity contribution < 1.29 is 14.6 Å². The molecule has 1 N–H and O–H groups in total. The number of nitrogens with zero attached hydrogens (tertiary/aromatic N) is 2. The normalized spacial score (nSPS) is 10.5. The Morgan fingerprint density at radius 2 is 2.22 bits per heavy atom. The molecule has 2 rings (SSSR count). The molecule has 0 saturated heterocycles. The number of carboxylic acids is 1. The minimum Gasteiger partial charge on any atom is -0.478 e. The third-order valence-electron chi connectivity index (χ3n) is 2.58. The fourth-order valence-electron chi connectivity index (χ4n) is 1.59. The Bertz CT molecular complexity index is 569. The number of carboxylic acid groups (broad SMARTS) is 1. The maximum absolute atomic E-state index is 10.9. The molecule has 0 atom stereocenters. The first-order chi connectivity index (χ1) is 8.72. The second-order valence-electron chi connectivity index (χ2n) is 3.92. The summed E-state index contributed by atoms with van der Waals surface area (Å²) in [5.74, 6) is -0.464. The van der Waals surface area contributed by atoms with Crippen molar-refractivity contribution >= 4 is 16.9 Å². The Morgan fingerprint density at radius 1 is 1.39 bits per heavy atom. The standard InChI is InChI=1S/C13H14N2O3/c1-2-3-6-18-12-10-5-4-9(13(16)17)7-11(10)14-8-15-12/h4-5,7-8H,2-3,6H2,1H3,(H,16,17). The first kappa shape index (κ1) is 12.3. The highest BCUT2D eigenvalue weighted by Crippen LogP contribution is 2.22. The zero-order valence-corrected chi connectivity index (χ0v) is 10.1. The van der Waals surface area contributed by atoms with Gasteiger partial charge in [0.15, 0.2) is 0 Å². The number of fused-ring (bicyclic) bond motifs is 1. The van der Waals surface area contributed by atoms with Crippen LogP contribution in [0.15, 0.2) is 24.5 Å². The molecule has 0 fully saturated rings. The van der Waals surface area contributed by atoms with E-state index in [1.807, 2.05) is 0 Å². The molecule has 1 heterocycles. The second-order valence-corrected chi connectivity index (χ2v) is 3.92. The van der Waals surface area contributed by atoms with Gasteiger partial charge in [0.25, 0.3) is 0 Å². The fourth-order valence-corrected chi connectivity index (χ4v) is 1.59. The minimum atomic E-state index is -0.969. The molecule has 0 radical (unpaired) electrons. The number of rotatable bonds is 5. The molecular weight excluding hydrogens is 232 g/mol. The molecule has 1 aromatic heterocycles. The lowest BCUT2D eigenvalue weighted by Crippen LogP contribution is -2.01. The Hall–Kier alpha value is -2.17. The number of unbranched alkanes of at least 4 members (excludes halogenated alkanes) is 1. The van der Waals surface area contributed by atoms with Crippen molar-refractivity contribution in [2.24, 2.45) is 0 Å². The van der Waals surface area contributed by atoms with Crippen LogP contribution in [-0.4, -0.2) is 27.7 Å². The average Bonchev–Trinajstić information content (AvgIpc) is 2.38. The van der Waals surface area contributed by atoms with E-state index < -0.39 is 5.97 Å². The zero-order valence-electron chi connectivity index (χ0n) is 10.1. The second kappa shape index (κ2) is 5.44. The van der Waals surface area contributed by atoms with Gasteiger partial charge in [-0.1, -0.05) is 13.3 Å². The van der Waals surface area contributed by atoms with Crippen molar-refractivity contribution in [2.45, 2.75) is 19.8 Å². The van der Waals surface area contributed by atoms with Gasteiger partial charge in [-0.15, -0.1) is 0 Å². The third kappa shape index (κ3) is 2.56. The lowest BCUT2D eigenvalue weighted by atomic mass is 10.1. The first-order valence-electron chi connectivity index (χ1n) is 5.83. The lowest BCUT2D eigenvalue weighted by Gasteiger charge is -2.07. The Morgan fingerprint density at radius 3 is 2.94 bits per heavy atom. The first-order valence-corrected chi connectivity index (χ1v) is 5.83. The number of ether oxygens (including phenoxy) is 1. The summed E-state index contributed by atoms with van der Waals surface area (Å²) in [4.78, 5) is 19.0. The topological polar surface area (TPSA) is 72.3 Å². The highest BCUT2D eigenvalue weighted by Gasteiger charge is 2.08. The maximum atomic E-state index is 10.9. The van der Waals surface area contributed by atoms with Crippen LogP contribution in [0.4, 0.5) is 0 Å². The number of aromatic nitrogens is 2. The Balaban J connectivity index is 2.34. The summed E-state index contributed by atoms with van der Waals surface area (Å²) in [6.45, 7) is 2.68. The molecular formula is C13H14N2O3. The van der Waals surface area contributed by atoms with Crippen molar-refractivity contribution in [1.29, 1.82) is 0 Å². The molecule has 0 aliphatic rings. The van der Waals surface area contributed by atoms with E-state index in [0.717, 1.165) is 18.2 Å². The van der Waals surface area contributed by atoms with Crippen molar-refractivity contribution in [1.82, 2.24) is 9.97 Å². The maximum Gasteiger partial charge on any atom is 0.335 e. The van der Waals surface area contributed by atoms with E-state index in [0.29, 0.717) is 18.0 Å². The van der Waals surface area contributed by atoms with Crippen LogP contribution < -0.4 is 4.74 Å². The van der Waals surface area contributed by atoms with Gasteiger partial charge < -0.3 is 9.84 Å². The van der Waals surface area contributed by atoms with E-state index >= 15 is 0 Å². The molecule has 18 heavy (non-hydrogen) atoms. The predicted molar refractivity (Wildman–Crippen MR) is 66.9 cm³/mol. The van der Waals surface area contributed by atoms with E-state index in [-0.39, 0.29) is 5.56 Å². The molecule has 0 bridgehead atoms. The molecule has 0 unspecified atom stereocenters. The molecule has 5 nitrogen and oxygen atoms in total. The third-order valence-corrected chi connectivity index (χ3v) is 2.58. The molecule has 0 aliphatic heterocycles. The van der Waals surface area contributed by atoms with Gasteiger partial charge in [-0.2, -0.15) is 0 Å². The molecule has 0 spiro atoms. The van der Waals surface area contributed by atoms with E-state index in [1.54, 1.807) is 6.07 Å². The Kier molecular flexibility index (Phi) is 3.72. The van der Waals surface area contributed by atoms with Gasteiger partial charge in [-0.25, -0.2) is 14.8 Å². The van der Waals surface area contributed by atoms with Crippen LogP contribution in [0, 0.1) is 0 Å². The van der Waals surface area contributed by atoms with Crippen LogP contribution >= 0.6 is 0 Å². The Labute approximate surface area is 104 Å². The van der Waals surface area contributed by atoms with Crippen molar-refractivity contribution in [3.63, 3.8) is 0 Å². The highest BCUT2D eigenvalue weighted by atomic mass is 16.5. The average molecular weight is 246 g/mol. The van der Waals surface area contributed by atoms with Crippen LogP contribution in [0.3, 0.4) is 0 Å². The van der Waals surface area contributed by atoms with Crippen LogP contribution in [0.5, 0.6) is 5.88 Å².